The summed E-state index contributed by atoms with van der Waals surface area (Å²) in [5, 5.41) is 0. The zero-order valence-electron chi connectivity index (χ0n) is 8.86. The van der Waals surface area contributed by atoms with E-state index in [1.54, 1.807) is 6.07 Å². The van der Waals surface area contributed by atoms with Crippen LogP contribution in [0.3, 0.4) is 0 Å². The smallest absolute Gasteiger partial charge is 0.338 e. The van der Waals surface area contributed by atoms with Gasteiger partial charge in [0, 0.05) is 5.56 Å². The highest BCUT2D eigenvalue weighted by molar-refractivity contribution is 6.00. The van der Waals surface area contributed by atoms with Gasteiger partial charge in [-0.3, -0.25) is 0 Å². The molecule has 78 valence electrons. The summed E-state index contributed by atoms with van der Waals surface area (Å²) >= 11 is 0. The van der Waals surface area contributed by atoms with Gasteiger partial charge in [-0.2, -0.15) is 0 Å². The van der Waals surface area contributed by atoms with E-state index in [-0.39, 0.29) is 5.97 Å². The Kier molecular flexibility index (Phi) is 2.61. The molecule has 2 aliphatic rings. The minimum absolute atomic E-state index is 0.363. The largest absolute Gasteiger partial charge is 0.465 e. The zero-order valence-corrected chi connectivity index (χ0v) is 8.86. The summed E-state index contributed by atoms with van der Waals surface area (Å²) < 4.78 is 4.73. The van der Waals surface area contributed by atoms with Crippen LogP contribution < -0.4 is 0 Å². The van der Waals surface area contributed by atoms with Gasteiger partial charge in [0.2, 0.25) is 0 Å². The second-order valence-electron chi connectivity index (χ2n) is 3.35. The van der Waals surface area contributed by atoms with Gasteiger partial charge in [0.05, 0.1) is 12.7 Å². The Balaban J connectivity index is 2.72. The van der Waals surface area contributed by atoms with E-state index in [1.165, 1.54) is 7.11 Å². The van der Waals surface area contributed by atoms with Crippen molar-refractivity contribution in [3.05, 3.63) is 47.5 Å². The number of hydrogen-bond donors (Lipinski definition) is 0. The molecule has 0 saturated carbocycles. The van der Waals surface area contributed by atoms with E-state index in [1.807, 2.05) is 30.3 Å². The lowest BCUT2D eigenvalue weighted by atomic mass is 10.1. The number of esters is 1. The molecule has 2 heteroatoms. The molecule has 0 saturated heterocycles. The normalized spacial score (nSPS) is 9.75. The molecule has 0 radical (unpaired) electrons. The van der Waals surface area contributed by atoms with Gasteiger partial charge in [-0.05, 0) is 17.2 Å². The molecule has 0 amide bonds. The molecule has 2 nitrogen and oxygen atoms in total. The van der Waals surface area contributed by atoms with Crippen LogP contribution in [0, 0.1) is 12.3 Å². The second kappa shape index (κ2) is 4.08. The van der Waals surface area contributed by atoms with Crippen molar-refractivity contribution in [1.29, 1.82) is 0 Å². The zero-order chi connectivity index (χ0) is 11.5. The molecule has 0 aliphatic heterocycles. The second-order valence-corrected chi connectivity index (χ2v) is 3.35. The predicted octanol–water partition coefficient (Wildman–Crippen LogP) is 2.56. The third kappa shape index (κ3) is 1.53. The van der Waals surface area contributed by atoms with Crippen molar-refractivity contribution < 1.29 is 9.53 Å². The Morgan fingerprint density at radius 3 is 2.56 bits per heavy atom. The maximum Gasteiger partial charge on any atom is 0.338 e. The Morgan fingerprint density at radius 1 is 1.25 bits per heavy atom. The van der Waals surface area contributed by atoms with Crippen molar-refractivity contribution in [3.63, 3.8) is 0 Å². The van der Waals surface area contributed by atoms with Crippen molar-refractivity contribution in [2.45, 2.75) is 0 Å². The van der Waals surface area contributed by atoms with Crippen LogP contribution >= 0.6 is 0 Å². The molecule has 0 spiro atoms. The minimum Gasteiger partial charge on any atom is -0.465 e. The van der Waals surface area contributed by atoms with Crippen molar-refractivity contribution in [2.75, 3.05) is 7.11 Å². The summed E-state index contributed by atoms with van der Waals surface area (Å²) in [5.74, 6) is 2.21. The summed E-state index contributed by atoms with van der Waals surface area (Å²) in [6.07, 6.45) is 5.41. The van der Waals surface area contributed by atoms with Crippen LogP contribution in [0.4, 0.5) is 0 Å². The first-order valence-corrected chi connectivity index (χ1v) is 4.84. The van der Waals surface area contributed by atoms with Crippen LogP contribution in [0.5, 0.6) is 0 Å². The van der Waals surface area contributed by atoms with E-state index < -0.39 is 0 Å². The highest BCUT2D eigenvalue weighted by atomic mass is 16.5. The summed E-state index contributed by atoms with van der Waals surface area (Å²) in [6.45, 7) is 0. The molecule has 0 fully saturated rings. The molecular weight excluding hydrogens is 200 g/mol. The summed E-state index contributed by atoms with van der Waals surface area (Å²) in [6, 6.07) is 11.1. The predicted molar refractivity (Wildman–Crippen MR) is 62.3 cm³/mol. The molecule has 0 unspecified atom stereocenters. The Hall–Kier alpha value is -2.27. The number of fused-ring (bicyclic) bond motifs is 1. The summed E-state index contributed by atoms with van der Waals surface area (Å²) in [7, 11) is 1.36. The number of hydrogen-bond acceptors (Lipinski definition) is 2. The first-order valence-electron chi connectivity index (χ1n) is 4.84. The molecule has 0 aromatic rings. The van der Waals surface area contributed by atoms with Gasteiger partial charge in [0.15, 0.2) is 0 Å². The molecule has 0 N–H and O–H groups in total. The number of methoxy groups -OCH3 is 1. The number of carbonyl (C=O) groups excluding carboxylic acids is 1. The SMILES string of the molecule is C#Cc1cc(C(=O)OC)c2cccccc1-2. The van der Waals surface area contributed by atoms with E-state index >= 15 is 0 Å². The first-order chi connectivity index (χ1) is 7.77. The Morgan fingerprint density at radius 2 is 1.94 bits per heavy atom. The number of ether oxygens (including phenoxy) is 1. The Labute approximate surface area is 94.2 Å². The maximum atomic E-state index is 11.6. The van der Waals surface area contributed by atoms with E-state index in [4.69, 9.17) is 11.2 Å². The fourth-order valence-electron chi connectivity index (χ4n) is 1.72. The third-order valence-electron chi connectivity index (χ3n) is 2.47. The van der Waals surface area contributed by atoms with Gasteiger partial charge in [-0.25, -0.2) is 4.79 Å². The average Bonchev–Trinajstić information content (AvgIpc) is 2.50. The molecule has 0 bridgehead atoms. The van der Waals surface area contributed by atoms with Crippen LogP contribution in [0.15, 0.2) is 36.4 Å². The third-order valence-corrected chi connectivity index (χ3v) is 2.47. The van der Waals surface area contributed by atoms with Gasteiger partial charge < -0.3 is 4.74 Å². The monoisotopic (exact) mass is 210 g/mol. The molecule has 16 heavy (non-hydrogen) atoms. The van der Waals surface area contributed by atoms with E-state index in [0.29, 0.717) is 11.1 Å². The van der Waals surface area contributed by atoms with Gasteiger partial charge in [-0.15, -0.1) is 6.42 Å². The maximum absolute atomic E-state index is 11.6. The summed E-state index contributed by atoms with van der Waals surface area (Å²) in [5.41, 5.74) is 2.95. The molecule has 0 atom stereocenters. The van der Waals surface area contributed by atoms with Gasteiger partial charge >= 0.3 is 5.97 Å². The summed E-state index contributed by atoms with van der Waals surface area (Å²) in [4.78, 5) is 11.6. The van der Waals surface area contributed by atoms with Crippen LogP contribution in [-0.2, 0) is 4.74 Å². The highest BCUT2D eigenvalue weighted by Crippen LogP contribution is 2.31. The molecular formula is C14H10O2. The fourth-order valence-corrected chi connectivity index (χ4v) is 1.72. The van der Waals surface area contributed by atoms with Crippen molar-refractivity contribution in [2.24, 2.45) is 0 Å². The van der Waals surface area contributed by atoms with Gasteiger partial charge in [0.1, 0.15) is 0 Å². The van der Waals surface area contributed by atoms with Crippen LogP contribution in [0.25, 0.3) is 11.1 Å². The number of carbonyl (C=O) groups is 1. The van der Waals surface area contributed by atoms with Crippen LogP contribution in [0.1, 0.15) is 15.9 Å². The standard InChI is InChI=1S/C14H10O2/c1-3-10-9-13(14(15)16-2)12-8-6-4-5-7-11(10)12/h1,4-9H,2H3. The number of rotatable bonds is 1. The lowest BCUT2D eigenvalue weighted by Gasteiger charge is -1.98. The lowest BCUT2D eigenvalue weighted by Crippen LogP contribution is -1.99. The minimum atomic E-state index is -0.363. The van der Waals surface area contributed by atoms with E-state index in [2.05, 4.69) is 5.92 Å². The highest BCUT2D eigenvalue weighted by Gasteiger charge is 2.18. The van der Waals surface area contributed by atoms with E-state index in [9.17, 15) is 4.79 Å². The molecule has 2 aliphatic carbocycles. The first kappa shape index (κ1) is 10.3. The topological polar surface area (TPSA) is 26.3 Å². The van der Waals surface area contributed by atoms with Crippen molar-refractivity contribution in [1.82, 2.24) is 0 Å². The quantitative estimate of drug-likeness (QED) is 0.534. The fraction of sp³-hybridized carbons (Fsp3) is 0.0714. The average molecular weight is 210 g/mol. The molecule has 0 aromatic heterocycles. The molecule has 0 aromatic carbocycles. The Bertz CT molecular complexity index is 549. The van der Waals surface area contributed by atoms with Crippen LogP contribution in [-0.4, -0.2) is 13.1 Å². The molecule has 0 heterocycles. The van der Waals surface area contributed by atoms with Crippen LogP contribution in [0.2, 0.25) is 0 Å². The van der Waals surface area contributed by atoms with Gasteiger partial charge in [-0.1, -0.05) is 36.3 Å². The lowest BCUT2D eigenvalue weighted by molar-refractivity contribution is 0.0602. The number of terminal acetylenes is 1. The van der Waals surface area contributed by atoms with E-state index in [0.717, 1.165) is 11.1 Å². The van der Waals surface area contributed by atoms with Crippen molar-refractivity contribution >= 4 is 5.97 Å². The van der Waals surface area contributed by atoms with Crippen molar-refractivity contribution in [3.8, 4) is 23.5 Å². The van der Waals surface area contributed by atoms with Gasteiger partial charge in [0.25, 0.3) is 0 Å². The molecule has 2 rings (SSSR count).